The average Bonchev–Trinajstić information content (AvgIpc) is 2.91. The van der Waals surface area contributed by atoms with Crippen LogP contribution in [0.1, 0.15) is 23.9 Å². The molecule has 0 spiro atoms. The molecule has 0 aliphatic carbocycles. The van der Waals surface area contributed by atoms with Crippen molar-refractivity contribution in [2.75, 3.05) is 11.9 Å². The Hall–Kier alpha value is -2.87. The Balaban J connectivity index is 2.27. The molecule has 0 saturated carbocycles. The van der Waals surface area contributed by atoms with Gasteiger partial charge < -0.3 is 25.9 Å². The van der Waals surface area contributed by atoms with Gasteiger partial charge in [0, 0.05) is 5.39 Å². The zero-order chi connectivity index (χ0) is 17.0. The third kappa shape index (κ3) is 3.49. The third-order valence-corrected chi connectivity index (χ3v) is 3.31. The lowest BCUT2D eigenvalue weighted by molar-refractivity contribution is -0.136. The van der Waals surface area contributed by atoms with E-state index in [0.717, 1.165) is 0 Å². The topological polar surface area (TPSA) is 135 Å². The van der Waals surface area contributed by atoms with Crippen LogP contribution in [0, 0.1) is 0 Å². The van der Waals surface area contributed by atoms with E-state index in [1.165, 1.54) is 0 Å². The molecule has 3 amide bonds. The molecule has 23 heavy (non-hydrogen) atoms. The van der Waals surface area contributed by atoms with Gasteiger partial charge in [-0.05, 0) is 18.6 Å². The zero-order valence-electron chi connectivity index (χ0n) is 12.5. The minimum atomic E-state index is -0.981. The predicted octanol–water partition coefficient (Wildman–Crippen LogP) is 0.357. The van der Waals surface area contributed by atoms with Crippen molar-refractivity contribution in [2.45, 2.75) is 19.4 Å². The maximum atomic E-state index is 12.0. The monoisotopic (exact) mass is 319 g/mol. The quantitative estimate of drug-likeness (QED) is 0.590. The summed E-state index contributed by atoms with van der Waals surface area (Å²) >= 11 is 0. The highest BCUT2D eigenvalue weighted by Gasteiger charge is 2.24. The lowest BCUT2D eigenvalue weighted by Crippen LogP contribution is -2.43. The number of primary amides is 1. The summed E-state index contributed by atoms with van der Waals surface area (Å²) in [6, 6.07) is 6.10. The molecule has 0 aliphatic rings. The van der Waals surface area contributed by atoms with Crippen LogP contribution in [0.3, 0.4) is 0 Å². The molecule has 0 unspecified atom stereocenters. The van der Waals surface area contributed by atoms with Crippen LogP contribution in [0.5, 0.6) is 0 Å². The van der Waals surface area contributed by atoms with E-state index in [1.807, 2.05) is 0 Å². The Morgan fingerprint density at radius 3 is 2.57 bits per heavy atom. The third-order valence-electron chi connectivity index (χ3n) is 3.31. The number of hydrogen-bond donors (Lipinski definition) is 4. The number of fused-ring (bicyclic) bond motifs is 1. The second kappa shape index (κ2) is 6.93. The molecule has 0 saturated heterocycles. The number of rotatable bonds is 5. The van der Waals surface area contributed by atoms with Gasteiger partial charge in [0.1, 0.15) is 11.3 Å². The van der Waals surface area contributed by atoms with Gasteiger partial charge >= 0.3 is 11.8 Å². The summed E-state index contributed by atoms with van der Waals surface area (Å²) in [6.07, 6.45) is 0.469. The van der Waals surface area contributed by atoms with Crippen molar-refractivity contribution in [3.05, 3.63) is 30.0 Å². The van der Waals surface area contributed by atoms with Gasteiger partial charge in [-0.15, -0.1) is 0 Å². The smallest absolute Gasteiger partial charge is 0.313 e. The largest absolute Gasteiger partial charge is 0.449 e. The number of benzene rings is 1. The van der Waals surface area contributed by atoms with Gasteiger partial charge in [0.05, 0.1) is 12.6 Å². The number of amides is 3. The molecule has 1 aromatic carbocycles. The summed E-state index contributed by atoms with van der Waals surface area (Å²) in [5.74, 6) is -3.00. The highest BCUT2D eigenvalue weighted by Crippen LogP contribution is 2.30. The molecule has 0 aliphatic heterocycles. The molecule has 5 N–H and O–H groups in total. The van der Waals surface area contributed by atoms with E-state index in [2.05, 4.69) is 10.6 Å². The van der Waals surface area contributed by atoms with Crippen molar-refractivity contribution in [1.82, 2.24) is 5.32 Å². The Morgan fingerprint density at radius 1 is 1.26 bits per heavy atom. The first kappa shape index (κ1) is 16.5. The molecule has 1 atom stereocenters. The summed E-state index contributed by atoms with van der Waals surface area (Å²) in [5.41, 5.74) is 5.64. The molecule has 2 rings (SSSR count). The van der Waals surface area contributed by atoms with Crippen LogP contribution in [0.4, 0.5) is 5.69 Å². The molecule has 0 bridgehead atoms. The molecule has 2 aromatic rings. The van der Waals surface area contributed by atoms with Crippen molar-refractivity contribution in [2.24, 2.45) is 5.73 Å². The van der Waals surface area contributed by atoms with Crippen LogP contribution in [0.25, 0.3) is 11.0 Å². The summed E-state index contributed by atoms with van der Waals surface area (Å²) < 4.78 is 5.30. The van der Waals surface area contributed by atoms with E-state index in [-0.39, 0.29) is 18.1 Å². The van der Waals surface area contributed by atoms with Crippen molar-refractivity contribution >= 4 is 34.4 Å². The molecule has 0 fully saturated rings. The number of furan rings is 1. The molecule has 8 nitrogen and oxygen atoms in total. The van der Waals surface area contributed by atoms with Gasteiger partial charge in [0.2, 0.25) is 5.76 Å². The number of nitrogens with one attached hydrogen (secondary N) is 2. The fraction of sp³-hybridized carbons (Fsp3) is 0.267. The van der Waals surface area contributed by atoms with Gasteiger partial charge in [0.25, 0.3) is 5.91 Å². The Morgan fingerprint density at radius 2 is 1.96 bits per heavy atom. The normalized spacial score (nSPS) is 11.9. The Kier molecular flexibility index (Phi) is 4.97. The fourth-order valence-electron chi connectivity index (χ4n) is 2.04. The molecule has 1 aromatic heterocycles. The molecular formula is C15H17N3O5. The van der Waals surface area contributed by atoms with E-state index in [4.69, 9.17) is 15.3 Å². The van der Waals surface area contributed by atoms with E-state index in [1.54, 1.807) is 31.2 Å². The average molecular weight is 319 g/mol. The molecule has 8 heteroatoms. The lowest BCUT2D eigenvalue weighted by atomic mass is 10.2. The SMILES string of the molecule is CC[C@@H](CO)NC(=O)C(=O)Nc1c(C(N)=O)oc2ccccc12. The van der Waals surface area contributed by atoms with E-state index in [9.17, 15) is 14.4 Å². The number of aliphatic hydroxyl groups is 1. The van der Waals surface area contributed by atoms with Gasteiger partial charge in [0.15, 0.2) is 0 Å². The standard InChI is InChI=1S/C15H17N3O5/c1-2-8(7-19)17-14(21)15(22)18-11-9-5-3-4-6-10(9)23-12(11)13(16)20/h3-6,8,19H,2,7H2,1H3,(H2,16,20)(H,17,21)(H,18,22)/t8-/m0/s1. The van der Waals surface area contributed by atoms with Gasteiger partial charge in [-0.1, -0.05) is 19.1 Å². The van der Waals surface area contributed by atoms with Crippen molar-refractivity contribution in [3.8, 4) is 0 Å². The number of para-hydroxylation sites is 1. The maximum absolute atomic E-state index is 12.0. The summed E-state index contributed by atoms with van der Waals surface area (Å²) in [5, 5.41) is 14.2. The van der Waals surface area contributed by atoms with Crippen molar-refractivity contribution < 1.29 is 23.9 Å². The fourth-order valence-corrected chi connectivity index (χ4v) is 2.04. The minimum Gasteiger partial charge on any atom is -0.449 e. The molecule has 1 heterocycles. The predicted molar refractivity (Wildman–Crippen MR) is 82.7 cm³/mol. The molecule has 0 radical (unpaired) electrons. The minimum absolute atomic E-state index is 0.0466. The number of nitrogens with two attached hydrogens (primary N) is 1. The number of hydrogen-bond acceptors (Lipinski definition) is 5. The van der Waals surface area contributed by atoms with E-state index >= 15 is 0 Å². The number of carbonyl (C=O) groups is 3. The van der Waals surface area contributed by atoms with E-state index in [0.29, 0.717) is 17.4 Å². The summed E-state index contributed by atoms with van der Waals surface area (Å²) in [6.45, 7) is 1.48. The van der Waals surface area contributed by atoms with Crippen LogP contribution in [-0.4, -0.2) is 35.5 Å². The van der Waals surface area contributed by atoms with E-state index < -0.39 is 23.8 Å². The first-order valence-electron chi connectivity index (χ1n) is 7.02. The second-order valence-electron chi connectivity index (χ2n) is 4.88. The van der Waals surface area contributed by atoms with Crippen LogP contribution in [-0.2, 0) is 9.59 Å². The maximum Gasteiger partial charge on any atom is 0.313 e. The summed E-state index contributed by atoms with van der Waals surface area (Å²) in [7, 11) is 0. The Bertz CT molecular complexity index is 749. The molecular weight excluding hydrogens is 302 g/mol. The Labute approximate surface area is 131 Å². The first-order valence-corrected chi connectivity index (χ1v) is 7.02. The number of aliphatic hydroxyl groups excluding tert-OH is 1. The number of carbonyl (C=O) groups excluding carboxylic acids is 3. The van der Waals surface area contributed by atoms with Crippen LogP contribution < -0.4 is 16.4 Å². The lowest BCUT2D eigenvalue weighted by Gasteiger charge is -2.13. The van der Waals surface area contributed by atoms with Crippen molar-refractivity contribution in [1.29, 1.82) is 0 Å². The van der Waals surface area contributed by atoms with Crippen LogP contribution in [0.15, 0.2) is 28.7 Å². The first-order chi connectivity index (χ1) is 11.0. The summed E-state index contributed by atoms with van der Waals surface area (Å²) in [4.78, 5) is 35.3. The van der Waals surface area contributed by atoms with Crippen LogP contribution in [0.2, 0.25) is 0 Å². The van der Waals surface area contributed by atoms with Gasteiger partial charge in [-0.2, -0.15) is 0 Å². The highest BCUT2D eigenvalue weighted by atomic mass is 16.3. The zero-order valence-corrected chi connectivity index (χ0v) is 12.5. The highest BCUT2D eigenvalue weighted by molar-refractivity contribution is 6.40. The number of anilines is 1. The van der Waals surface area contributed by atoms with Gasteiger partial charge in [-0.3, -0.25) is 14.4 Å². The van der Waals surface area contributed by atoms with Crippen molar-refractivity contribution in [3.63, 3.8) is 0 Å². The van der Waals surface area contributed by atoms with Gasteiger partial charge in [-0.25, -0.2) is 0 Å². The second-order valence-corrected chi connectivity index (χ2v) is 4.88. The van der Waals surface area contributed by atoms with Crippen LogP contribution >= 0.6 is 0 Å². The molecule has 122 valence electrons.